The first kappa shape index (κ1) is 23.7. The van der Waals surface area contributed by atoms with Crippen LogP contribution in [0.5, 0.6) is 17.2 Å². The van der Waals surface area contributed by atoms with Crippen molar-refractivity contribution < 1.29 is 23.7 Å². The molecular weight excluding hydrogens is 394 g/mol. The molecule has 6 nitrogen and oxygen atoms in total. The summed E-state index contributed by atoms with van der Waals surface area (Å²) in [6, 6.07) is 18.9. The van der Waals surface area contributed by atoms with Crippen molar-refractivity contribution in [3.63, 3.8) is 0 Å². The molecule has 2 aromatic carbocycles. The Hall–Kier alpha value is -3.54. The third-order valence-electron chi connectivity index (χ3n) is 4.22. The van der Waals surface area contributed by atoms with E-state index in [1.165, 1.54) is 6.92 Å². The van der Waals surface area contributed by atoms with Gasteiger partial charge in [0.2, 0.25) is 0 Å². The molecule has 0 bridgehead atoms. The van der Waals surface area contributed by atoms with E-state index >= 15 is 0 Å². The van der Waals surface area contributed by atoms with Gasteiger partial charge in [0.1, 0.15) is 30.5 Å². The quantitative estimate of drug-likeness (QED) is 0.450. The Morgan fingerprint density at radius 3 is 2.23 bits per heavy atom. The van der Waals surface area contributed by atoms with Gasteiger partial charge in [0.25, 0.3) is 0 Å². The van der Waals surface area contributed by atoms with Gasteiger partial charge in [0.05, 0.1) is 25.6 Å². The van der Waals surface area contributed by atoms with Crippen molar-refractivity contribution in [2.45, 2.75) is 34.0 Å². The summed E-state index contributed by atoms with van der Waals surface area (Å²) in [7, 11) is 3.25. The number of methoxy groups -OCH3 is 2. The van der Waals surface area contributed by atoms with Crippen LogP contribution in [0.15, 0.2) is 60.7 Å². The van der Waals surface area contributed by atoms with Gasteiger partial charge in [-0.15, -0.1) is 0 Å². The smallest absolute Gasteiger partial charge is 0.303 e. The highest BCUT2D eigenvalue weighted by Crippen LogP contribution is 2.31. The molecular formula is C25H29NO5. The van der Waals surface area contributed by atoms with Crippen LogP contribution >= 0.6 is 0 Å². The number of hydrogen-bond acceptors (Lipinski definition) is 6. The predicted octanol–water partition coefficient (Wildman–Crippen LogP) is 5.43. The SMILES string of the molecule is CC.COc1ccc(COc2cc(COC(C)=O)nc(-c3ccccc3OC)c2)cc1. The lowest BCUT2D eigenvalue weighted by atomic mass is 10.1. The average Bonchev–Trinajstić information content (AvgIpc) is 2.83. The van der Waals surface area contributed by atoms with Crippen LogP contribution in [0.3, 0.4) is 0 Å². The molecule has 0 aliphatic rings. The van der Waals surface area contributed by atoms with Crippen LogP contribution in [0.1, 0.15) is 32.0 Å². The van der Waals surface area contributed by atoms with Gasteiger partial charge in [-0.05, 0) is 29.8 Å². The standard InChI is InChI=1S/C23H23NO5.C2H6/c1-16(25)28-15-18-12-20(29-14-17-8-10-19(26-2)11-9-17)13-22(24-18)21-6-4-5-7-23(21)27-3;1-2/h4-13H,14-15H2,1-3H3;1-2H3. The van der Waals surface area contributed by atoms with E-state index in [0.717, 1.165) is 16.9 Å². The van der Waals surface area contributed by atoms with E-state index in [1.54, 1.807) is 20.3 Å². The van der Waals surface area contributed by atoms with Crippen molar-refractivity contribution in [3.05, 3.63) is 71.9 Å². The van der Waals surface area contributed by atoms with Crippen LogP contribution < -0.4 is 14.2 Å². The third kappa shape index (κ3) is 7.03. The topological polar surface area (TPSA) is 66.9 Å². The molecule has 164 valence electrons. The number of para-hydroxylation sites is 1. The Labute approximate surface area is 183 Å². The fourth-order valence-electron chi connectivity index (χ4n) is 2.78. The van der Waals surface area contributed by atoms with Crippen molar-refractivity contribution in [2.75, 3.05) is 14.2 Å². The van der Waals surface area contributed by atoms with E-state index in [0.29, 0.717) is 29.5 Å². The number of hydrogen-bond donors (Lipinski definition) is 0. The fourth-order valence-corrected chi connectivity index (χ4v) is 2.78. The summed E-state index contributed by atoms with van der Waals surface area (Å²) in [6.07, 6.45) is 0. The first-order chi connectivity index (χ1) is 15.1. The highest BCUT2D eigenvalue weighted by Gasteiger charge is 2.11. The lowest BCUT2D eigenvalue weighted by Crippen LogP contribution is -2.03. The zero-order valence-corrected chi connectivity index (χ0v) is 18.7. The van der Waals surface area contributed by atoms with Crippen LogP contribution in [0.2, 0.25) is 0 Å². The number of aromatic nitrogens is 1. The van der Waals surface area contributed by atoms with Crippen LogP contribution in [-0.2, 0) is 22.7 Å². The van der Waals surface area contributed by atoms with E-state index in [4.69, 9.17) is 18.9 Å². The number of carbonyl (C=O) groups excluding carboxylic acids is 1. The summed E-state index contributed by atoms with van der Waals surface area (Å²) in [5.41, 5.74) is 3.10. The molecule has 0 radical (unpaired) electrons. The van der Waals surface area contributed by atoms with Gasteiger partial charge in [-0.3, -0.25) is 4.79 Å². The molecule has 3 aromatic rings. The normalized spacial score (nSPS) is 9.84. The minimum atomic E-state index is -0.366. The molecule has 0 atom stereocenters. The van der Waals surface area contributed by atoms with Crippen molar-refractivity contribution in [1.82, 2.24) is 4.98 Å². The first-order valence-corrected chi connectivity index (χ1v) is 10.1. The summed E-state index contributed by atoms with van der Waals surface area (Å²) in [4.78, 5) is 15.8. The van der Waals surface area contributed by atoms with Gasteiger partial charge < -0.3 is 18.9 Å². The zero-order chi connectivity index (χ0) is 22.6. The summed E-state index contributed by atoms with van der Waals surface area (Å²) >= 11 is 0. The highest BCUT2D eigenvalue weighted by molar-refractivity contribution is 5.68. The van der Waals surface area contributed by atoms with Gasteiger partial charge in [-0.2, -0.15) is 0 Å². The Morgan fingerprint density at radius 2 is 1.58 bits per heavy atom. The lowest BCUT2D eigenvalue weighted by Gasteiger charge is -2.13. The molecule has 6 heteroatoms. The molecule has 31 heavy (non-hydrogen) atoms. The van der Waals surface area contributed by atoms with Gasteiger partial charge in [0, 0.05) is 24.6 Å². The van der Waals surface area contributed by atoms with Gasteiger partial charge in [0.15, 0.2) is 0 Å². The Bertz CT molecular complexity index is 970. The molecule has 0 spiro atoms. The second-order valence-corrected chi connectivity index (χ2v) is 6.30. The zero-order valence-electron chi connectivity index (χ0n) is 18.7. The van der Waals surface area contributed by atoms with Crippen LogP contribution in [0, 0.1) is 0 Å². The van der Waals surface area contributed by atoms with Crippen LogP contribution in [0.4, 0.5) is 0 Å². The van der Waals surface area contributed by atoms with Crippen molar-refractivity contribution in [3.8, 4) is 28.5 Å². The maximum absolute atomic E-state index is 11.2. The van der Waals surface area contributed by atoms with Crippen LogP contribution in [0.25, 0.3) is 11.3 Å². The van der Waals surface area contributed by atoms with E-state index in [2.05, 4.69) is 4.98 Å². The second-order valence-electron chi connectivity index (χ2n) is 6.30. The van der Waals surface area contributed by atoms with Gasteiger partial charge in [-0.25, -0.2) is 4.98 Å². The third-order valence-corrected chi connectivity index (χ3v) is 4.22. The van der Waals surface area contributed by atoms with E-state index in [9.17, 15) is 4.79 Å². The predicted molar refractivity (Wildman–Crippen MR) is 120 cm³/mol. The van der Waals surface area contributed by atoms with Crippen molar-refractivity contribution in [1.29, 1.82) is 0 Å². The Balaban J connectivity index is 0.00000166. The first-order valence-electron chi connectivity index (χ1n) is 10.1. The number of pyridine rings is 1. The number of esters is 1. The monoisotopic (exact) mass is 423 g/mol. The number of rotatable bonds is 8. The molecule has 0 fully saturated rings. The largest absolute Gasteiger partial charge is 0.497 e. The number of nitrogens with zero attached hydrogens (tertiary/aromatic N) is 1. The highest BCUT2D eigenvalue weighted by atomic mass is 16.5. The lowest BCUT2D eigenvalue weighted by molar-refractivity contribution is -0.142. The molecule has 0 amide bonds. The maximum atomic E-state index is 11.2. The number of benzene rings is 2. The molecule has 1 heterocycles. The minimum Gasteiger partial charge on any atom is -0.497 e. The van der Waals surface area contributed by atoms with E-state index in [1.807, 2.05) is 68.4 Å². The molecule has 0 aliphatic heterocycles. The van der Waals surface area contributed by atoms with Gasteiger partial charge >= 0.3 is 5.97 Å². The summed E-state index contributed by atoms with van der Waals surface area (Å²) in [5.74, 6) is 1.75. The number of ether oxygens (including phenoxy) is 4. The second kappa shape index (κ2) is 12.2. The van der Waals surface area contributed by atoms with Crippen molar-refractivity contribution in [2.24, 2.45) is 0 Å². The van der Waals surface area contributed by atoms with E-state index in [-0.39, 0.29) is 12.6 Å². The van der Waals surface area contributed by atoms with Crippen LogP contribution in [-0.4, -0.2) is 25.2 Å². The maximum Gasteiger partial charge on any atom is 0.303 e. The Morgan fingerprint density at radius 1 is 0.871 bits per heavy atom. The summed E-state index contributed by atoms with van der Waals surface area (Å²) < 4.78 is 21.7. The molecule has 3 rings (SSSR count). The average molecular weight is 424 g/mol. The Kier molecular flexibility index (Phi) is 9.36. The molecule has 1 aromatic heterocycles. The minimum absolute atomic E-state index is 0.0667. The van der Waals surface area contributed by atoms with Crippen molar-refractivity contribution >= 4 is 5.97 Å². The fraction of sp³-hybridized carbons (Fsp3) is 0.280. The molecule has 0 unspecified atom stereocenters. The molecule has 0 saturated carbocycles. The summed E-state index contributed by atoms with van der Waals surface area (Å²) in [5, 5.41) is 0. The molecule has 0 N–H and O–H groups in total. The molecule has 0 aliphatic carbocycles. The molecule has 0 saturated heterocycles. The van der Waals surface area contributed by atoms with E-state index < -0.39 is 0 Å². The number of carbonyl (C=O) groups is 1. The summed E-state index contributed by atoms with van der Waals surface area (Å²) in [6.45, 7) is 5.81. The van der Waals surface area contributed by atoms with Gasteiger partial charge in [-0.1, -0.05) is 38.1 Å².